The van der Waals surface area contributed by atoms with Crippen LogP contribution in [0.1, 0.15) is 25.8 Å². The van der Waals surface area contributed by atoms with Gasteiger partial charge in [-0.05, 0) is 49.6 Å². The highest BCUT2D eigenvalue weighted by molar-refractivity contribution is 7.92. The largest absolute Gasteiger partial charge is 0.495 e. The lowest BCUT2D eigenvalue weighted by atomic mass is 10.1. The molecule has 0 heterocycles. The van der Waals surface area contributed by atoms with Crippen molar-refractivity contribution in [2.45, 2.75) is 32.1 Å². The van der Waals surface area contributed by atoms with Crippen molar-refractivity contribution in [3.63, 3.8) is 0 Å². The van der Waals surface area contributed by atoms with Gasteiger partial charge in [0.1, 0.15) is 12.3 Å². The van der Waals surface area contributed by atoms with E-state index in [-0.39, 0.29) is 17.1 Å². The maximum atomic E-state index is 13.4. The van der Waals surface area contributed by atoms with Gasteiger partial charge in [-0.2, -0.15) is 0 Å². The first-order chi connectivity index (χ1) is 13.6. The molecule has 8 heteroatoms. The van der Waals surface area contributed by atoms with E-state index in [1.807, 2.05) is 6.92 Å². The second-order valence-corrected chi connectivity index (χ2v) is 9.47. The molecule has 0 saturated carbocycles. The Labute approximate surface area is 177 Å². The first kappa shape index (κ1) is 23.0. The molecule has 0 aliphatic carbocycles. The van der Waals surface area contributed by atoms with E-state index in [0.29, 0.717) is 23.2 Å². The number of benzene rings is 2. The van der Waals surface area contributed by atoms with E-state index < -0.39 is 15.9 Å². The molecule has 0 radical (unpaired) electrons. The van der Waals surface area contributed by atoms with Crippen molar-refractivity contribution in [1.82, 2.24) is 5.32 Å². The van der Waals surface area contributed by atoms with E-state index >= 15 is 0 Å². The maximum Gasteiger partial charge on any atom is 0.264 e. The van der Waals surface area contributed by atoms with Gasteiger partial charge in [0, 0.05) is 11.6 Å². The van der Waals surface area contributed by atoms with E-state index in [2.05, 4.69) is 19.2 Å². The number of carbonyl (C=O) groups is 1. The quantitative estimate of drug-likeness (QED) is 0.641. The summed E-state index contributed by atoms with van der Waals surface area (Å²) in [5.41, 5.74) is 1.14. The molecule has 29 heavy (non-hydrogen) atoms. The van der Waals surface area contributed by atoms with Crippen molar-refractivity contribution >= 4 is 33.2 Å². The number of rotatable bonds is 9. The van der Waals surface area contributed by atoms with Crippen molar-refractivity contribution in [3.05, 3.63) is 53.1 Å². The van der Waals surface area contributed by atoms with Gasteiger partial charge < -0.3 is 10.1 Å². The Bertz CT molecular complexity index is 944. The summed E-state index contributed by atoms with van der Waals surface area (Å²) in [5.74, 6) is 0.333. The highest BCUT2D eigenvalue weighted by Crippen LogP contribution is 2.34. The molecule has 6 nitrogen and oxygen atoms in total. The Morgan fingerprint density at radius 1 is 1.17 bits per heavy atom. The van der Waals surface area contributed by atoms with Gasteiger partial charge in [-0.3, -0.25) is 9.10 Å². The lowest BCUT2D eigenvalue weighted by Gasteiger charge is -2.26. The van der Waals surface area contributed by atoms with Gasteiger partial charge in [0.2, 0.25) is 5.91 Å². The third-order valence-corrected chi connectivity index (χ3v) is 6.36. The minimum atomic E-state index is -4.02. The van der Waals surface area contributed by atoms with Crippen molar-refractivity contribution in [1.29, 1.82) is 0 Å². The molecule has 158 valence electrons. The molecule has 1 N–H and O–H groups in total. The Morgan fingerprint density at radius 2 is 1.83 bits per heavy atom. The van der Waals surface area contributed by atoms with Gasteiger partial charge in [-0.25, -0.2) is 8.42 Å². The van der Waals surface area contributed by atoms with Gasteiger partial charge in [0.25, 0.3) is 10.0 Å². The summed E-state index contributed by atoms with van der Waals surface area (Å²) < 4.78 is 33.1. The van der Waals surface area contributed by atoms with Crippen LogP contribution in [-0.4, -0.2) is 34.5 Å². The second kappa shape index (κ2) is 9.98. The van der Waals surface area contributed by atoms with Gasteiger partial charge in [0.05, 0.1) is 17.7 Å². The van der Waals surface area contributed by atoms with Crippen LogP contribution in [0.5, 0.6) is 5.75 Å². The Kier molecular flexibility index (Phi) is 7.93. The van der Waals surface area contributed by atoms with Gasteiger partial charge in [-0.1, -0.05) is 43.1 Å². The second-order valence-electron chi connectivity index (χ2n) is 7.17. The third-order valence-electron chi connectivity index (χ3n) is 4.35. The predicted octanol–water partition coefficient (Wildman–Crippen LogP) is 4.01. The van der Waals surface area contributed by atoms with Crippen LogP contribution in [0.3, 0.4) is 0 Å². The highest BCUT2D eigenvalue weighted by atomic mass is 35.5. The fraction of sp³-hybridized carbons (Fsp3) is 0.381. The van der Waals surface area contributed by atoms with Crippen molar-refractivity contribution < 1.29 is 17.9 Å². The SMILES string of the molecule is COc1ccc(Cl)cc1N(CC(=O)NCCC(C)C)S(=O)(=O)c1ccc(C)cc1. The molecular formula is C21H27ClN2O4S. The minimum absolute atomic E-state index is 0.0834. The molecule has 0 spiro atoms. The Hall–Kier alpha value is -2.25. The number of aryl methyl sites for hydroxylation is 1. The molecule has 0 fully saturated rings. The number of halogens is 1. The van der Waals surface area contributed by atoms with Crippen LogP contribution in [0, 0.1) is 12.8 Å². The molecule has 2 aromatic rings. The van der Waals surface area contributed by atoms with Crippen molar-refractivity contribution in [2.75, 3.05) is 24.5 Å². The number of sulfonamides is 1. The molecule has 0 bridgehead atoms. The molecule has 0 aliphatic rings. The van der Waals surface area contributed by atoms with Crippen molar-refractivity contribution in [3.8, 4) is 5.75 Å². The fourth-order valence-corrected chi connectivity index (χ4v) is 4.27. The van der Waals surface area contributed by atoms with Gasteiger partial charge >= 0.3 is 0 Å². The van der Waals surface area contributed by atoms with Crippen LogP contribution in [0.4, 0.5) is 5.69 Å². The average molecular weight is 439 g/mol. The normalized spacial score (nSPS) is 11.4. The number of hydrogen-bond acceptors (Lipinski definition) is 4. The van der Waals surface area contributed by atoms with Crippen LogP contribution < -0.4 is 14.4 Å². The van der Waals surface area contributed by atoms with E-state index in [9.17, 15) is 13.2 Å². The summed E-state index contributed by atoms with van der Waals surface area (Å²) >= 11 is 6.11. The van der Waals surface area contributed by atoms with Crippen LogP contribution in [-0.2, 0) is 14.8 Å². The zero-order chi connectivity index (χ0) is 21.6. The first-order valence-corrected chi connectivity index (χ1v) is 11.2. The Balaban J connectivity index is 2.44. The maximum absolute atomic E-state index is 13.4. The number of anilines is 1. The van der Waals surface area contributed by atoms with E-state index in [0.717, 1.165) is 16.3 Å². The predicted molar refractivity (Wildman–Crippen MR) is 116 cm³/mol. The summed E-state index contributed by atoms with van der Waals surface area (Å²) in [5, 5.41) is 3.12. The molecule has 1 amide bonds. The van der Waals surface area contributed by atoms with Gasteiger partial charge in [-0.15, -0.1) is 0 Å². The van der Waals surface area contributed by atoms with E-state index in [1.54, 1.807) is 24.3 Å². The lowest BCUT2D eigenvalue weighted by molar-refractivity contribution is -0.119. The number of methoxy groups -OCH3 is 1. The minimum Gasteiger partial charge on any atom is -0.495 e. The molecule has 0 saturated heterocycles. The smallest absolute Gasteiger partial charge is 0.264 e. The fourth-order valence-electron chi connectivity index (χ4n) is 2.68. The number of amides is 1. The number of hydrogen-bond donors (Lipinski definition) is 1. The third kappa shape index (κ3) is 6.11. The monoisotopic (exact) mass is 438 g/mol. The molecule has 2 rings (SSSR count). The number of nitrogens with zero attached hydrogens (tertiary/aromatic N) is 1. The average Bonchev–Trinajstić information content (AvgIpc) is 2.66. The summed E-state index contributed by atoms with van der Waals surface area (Å²) in [4.78, 5) is 12.6. The van der Waals surface area contributed by atoms with Crippen LogP contribution in [0.25, 0.3) is 0 Å². The summed E-state index contributed by atoms with van der Waals surface area (Å²) in [6, 6.07) is 11.1. The number of nitrogens with one attached hydrogen (secondary N) is 1. The zero-order valence-electron chi connectivity index (χ0n) is 17.1. The molecule has 0 aliphatic heterocycles. The number of ether oxygens (including phenoxy) is 1. The van der Waals surface area contributed by atoms with Crippen LogP contribution in [0.15, 0.2) is 47.4 Å². The first-order valence-electron chi connectivity index (χ1n) is 9.34. The summed E-state index contributed by atoms with van der Waals surface area (Å²) in [6.07, 6.45) is 0.803. The lowest BCUT2D eigenvalue weighted by Crippen LogP contribution is -2.41. The topological polar surface area (TPSA) is 75.7 Å². The Morgan fingerprint density at radius 3 is 2.41 bits per heavy atom. The number of carbonyl (C=O) groups excluding carboxylic acids is 1. The molecule has 2 aromatic carbocycles. The summed E-state index contributed by atoms with van der Waals surface area (Å²) in [6.45, 7) is 6.07. The van der Waals surface area contributed by atoms with Crippen LogP contribution in [0.2, 0.25) is 5.02 Å². The highest BCUT2D eigenvalue weighted by Gasteiger charge is 2.29. The molecule has 0 unspecified atom stereocenters. The van der Waals surface area contributed by atoms with Crippen LogP contribution >= 0.6 is 11.6 Å². The zero-order valence-corrected chi connectivity index (χ0v) is 18.7. The van der Waals surface area contributed by atoms with E-state index in [1.165, 1.54) is 25.3 Å². The standard InChI is InChI=1S/C21H27ClN2O4S/c1-15(2)11-12-23-21(25)14-24(19-13-17(22)7-10-20(19)28-4)29(26,27)18-8-5-16(3)6-9-18/h5-10,13,15H,11-12,14H2,1-4H3,(H,23,25). The molecule has 0 atom stereocenters. The molecular weight excluding hydrogens is 412 g/mol. The van der Waals surface area contributed by atoms with E-state index in [4.69, 9.17) is 16.3 Å². The van der Waals surface area contributed by atoms with Crippen molar-refractivity contribution in [2.24, 2.45) is 5.92 Å². The van der Waals surface area contributed by atoms with Gasteiger partial charge in [0.15, 0.2) is 0 Å². The molecule has 0 aromatic heterocycles. The summed E-state index contributed by atoms with van der Waals surface area (Å²) in [7, 11) is -2.59.